The minimum Gasteiger partial charge on any atom is -0.507 e. The van der Waals surface area contributed by atoms with E-state index >= 15 is 0 Å². The number of rotatable bonds is 4. The van der Waals surface area contributed by atoms with E-state index in [1.54, 1.807) is 18.5 Å². The maximum absolute atomic E-state index is 11.9. The number of halogens is 1. The lowest BCUT2D eigenvalue weighted by Gasteiger charge is -2.02. The number of H-pyrrole nitrogens is 1. The second kappa shape index (κ2) is 6.50. The molecule has 1 aromatic heterocycles. The van der Waals surface area contributed by atoms with Crippen LogP contribution in [0.1, 0.15) is 11.1 Å². The first-order valence-electron chi connectivity index (χ1n) is 6.84. The molecule has 0 bridgehead atoms. The molecule has 23 heavy (non-hydrogen) atoms. The SMILES string of the molecule is O=C(Cc1ccc2nc[nH]c2c1)N/N=C/c1ccc(Cl)cc1O. The van der Waals surface area contributed by atoms with Crippen LogP contribution in [0, 0.1) is 0 Å². The van der Waals surface area contributed by atoms with Crippen LogP contribution in [0.2, 0.25) is 5.02 Å². The summed E-state index contributed by atoms with van der Waals surface area (Å²) >= 11 is 5.74. The topological polar surface area (TPSA) is 90.4 Å². The van der Waals surface area contributed by atoms with Crippen molar-refractivity contribution < 1.29 is 9.90 Å². The van der Waals surface area contributed by atoms with Gasteiger partial charge in [0, 0.05) is 10.6 Å². The molecule has 1 heterocycles. The number of carbonyl (C=O) groups excluding carboxylic acids is 1. The Kier molecular flexibility index (Phi) is 4.25. The fourth-order valence-corrected chi connectivity index (χ4v) is 2.28. The Hall–Kier alpha value is -2.86. The van der Waals surface area contributed by atoms with Crippen molar-refractivity contribution in [1.82, 2.24) is 15.4 Å². The summed E-state index contributed by atoms with van der Waals surface area (Å²) in [4.78, 5) is 19.0. The average molecular weight is 329 g/mol. The standard InChI is InChI=1S/C16H13ClN4O2/c17-12-3-2-11(15(22)7-12)8-20-21-16(23)6-10-1-4-13-14(5-10)19-9-18-13/h1-5,7-9,22H,6H2,(H,18,19)(H,21,23)/b20-8+. The highest BCUT2D eigenvalue weighted by atomic mass is 35.5. The van der Waals surface area contributed by atoms with Crippen LogP contribution in [-0.4, -0.2) is 27.2 Å². The molecular formula is C16H13ClN4O2. The van der Waals surface area contributed by atoms with Crippen LogP contribution in [0.25, 0.3) is 11.0 Å². The quantitative estimate of drug-likeness (QED) is 0.508. The van der Waals surface area contributed by atoms with Crippen molar-refractivity contribution in [3.05, 3.63) is 58.9 Å². The number of aromatic hydroxyl groups is 1. The van der Waals surface area contributed by atoms with Gasteiger partial charge < -0.3 is 10.1 Å². The van der Waals surface area contributed by atoms with Gasteiger partial charge in [-0.05, 0) is 35.9 Å². The summed E-state index contributed by atoms with van der Waals surface area (Å²) in [5.41, 5.74) is 5.47. The smallest absolute Gasteiger partial charge is 0.244 e. The first kappa shape index (κ1) is 15.1. The monoisotopic (exact) mass is 328 g/mol. The molecule has 116 valence electrons. The molecule has 0 aliphatic carbocycles. The molecule has 0 aliphatic heterocycles. The zero-order chi connectivity index (χ0) is 16.2. The molecule has 6 nitrogen and oxygen atoms in total. The number of hydrogen-bond acceptors (Lipinski definition) is 4. The lowest BCUT2D eigenvalue weighted by Crippen LogP contribution is -2.19. The van der Waals surface area contributed by atoms with Gasteiger partial charge in [-0.1, -0.05) is 17.7 Å². The summed E-state index contributed by atoms with van der Waals surface area (Å²) in [5, 5.41) is 13.9. The second-order valence-electron chi connectivity index (χ2n) is 4.93. The van der Waals surface area contributed by atoms with Gasteiger partial charge in [0.1, 0.15) is 5.75 Å². The maximum Gasteiger partial charge on any atom is 0.244 e. The first-order valence-corrected chi connectivity index (χ1v) is 7.22. The number of carbonyl (C=O) groups is 1. The van der Waals surface area contributed by atoms with Gasteiger partial charge in [0.25, 0.3) is 0 Å². The van der Waals surface area contributed by atoms with E-state index in [2.05, 4.69) is 20.5 Å². The highest BCUT2D eigenvalue weighted by molar-refractivity contribution is 6.30. The Morgan fingerprint density at radius 3 is 3.04 bits per heavy atom. The minimum atomic E-state index is -0.256. The Bertz CT molecular complexity index is 889. The third kappa shape index (κ3) is 3.67. The number of phenols is 1. The highest BCUT2D eigenvalue weighted by Gasteiger charge is 2.04. The molecule has 2 aromatic carbocycles. The molecule has 0 spiro atoms. The number of hydrazone groups is 1. The van der Waals surface area contributed by atoms with Crippen molar-refractivity contribution in [3.8, 4) is 5.75 Å². The second-order valence-corrected chi connectivity index (χ2v) is 5.36. The number of aromatic amines is 1. The Morgan fingerprint density at radius 1 is 1.35 bits per heavy atom. The van der Waals surface area contributed by atoms with Gasteiger partial charge in [0.2, 0.25) is 5.91 Å². The summed E-state index contributed by atoms with van der Waals surface area (Å²) in [7, 11) is 0. The lowest BCUT2D eigenvalue weighted by molar-refractivity contribution is -0.120. The number of aromatic nitrogens is 2. The summed E-state index contributed by atoms with van der Waals surface area (Å²) in [6.07, 6.45) is 3.16. The molecule has 0 aliphatic rings. The molecule has 0 saturated carbocycles. The molecule has 3 N–H and O–H groups in total. The summed E-state index contributed by atoms with van der Waals surface area (Å²) in [6.45, 7) is 0. The molecule has 3 rings (SSSR count). The number of phenolic OH excluding ortho intramolecular Hbond substituents is 1. The third-order valence-electron chi connectivity index (χ3n) is 3.23. The molecule has 7 heteroatoms. The molecule has 3 aromatic rings. The van der Waals surface area contributed by atoms with Crippen LogP contribution >= 0.6 is 11.6 Å². The van der Waals surface area contributed by atoms with Crippen LogP contribution in [0.15, 0.2) is 47.8 Å². The minimum absolute atomic E-state index is 0.000181. The molecular weight excluding hydrogens is 316 g/mol. The number of fused-ring (bicyclic) bond motifs is 1. The van der Waals surface area contributed by atoms with Crippen molar-refractivity contribution in [2.24, 2.45) is 5.10 Å². The number of benzene rings is 2. The largest absolute Gasteiger partial charge is 0.507 e. The van der Waals surface area contributed by atoms with Crippen LogP contribution in [0.3, 0.4) is 0 Å². The van der Waals surface area contributed by atoms with E-state index in [4.69, 9.17) is 11.6 Å². The zero-order valence-corrected chi connectivity index (χ0v) is 12.7. The summed E-state index contributed by atoms with van der Waals surface area (Å²) < 4.78 is 0. The van der Waals surface area contributed by atoms with Gasteiger partial charge in [-0.3, -0.25) is 4.79 Å². The Labute approximate surface area is 136 Å². The number of amides is 1. The van der Waals surface area contributed by atoms with Gasteiger partial charge >= 0.3 is 0 Å². The van der Waals surface area contributed by atoms with Crippen molar-refractivity contribution in [2.75, 3.05) is 0 Å². The molecule has 0 unspecified atom stereocenters. The normalized spacial score (nSPS) is 11.2. The zero-order valence-electron chi connectivity index (χ0n) is 12.0. The summed E-state index contributed by atoms with van der Waals surface area (Å²) in [6, 6.07) is 10.2. The van der Waals surface area contributed by atoms with E-state index in [1.807, 2.05) is 18.2 Å². The van der Waals surface area contributed by atoms with E-state index in [9.17, 15) is 9.90 Å². The predicted octanol–water partition coefficient (Wildman–Crippen LogP) is 2.61. The molecule has 1 amide bonds. The van der Waals surface area contributed by atoms with E-state index < -0.39 is 0 Å². The van der Waals surface area contributed by atoms with E-state index in [0.717, 1.165) is 16.6 Å². The van der Waals surface area contributed by atoms with Crippen molar-refractivity contribution in [2.45, 2.75) is 6.42 Å². The van der Waals surface area contributed by atoms with Gasteiger partial charge in [-0.15, -0.1) is 0 Å². The first-order chi connectivity index (χ1) is 11.1. The average Bonchev–Trinajstić information content (AvgIpc) is 2.97. The lowest BCUT2D eigenvalue weighted by atomic mass is 10.1. The predicted molar refractivity (Wildman–Crippen MR) is 88.7 cm³/mol. The van der Waals surface area contributed by atoms with Crippen molar-refractivity contribution in [1.29, 1.82) is 0 Å². The third-order valence-corrected chi connectivity index (χ3v) is 3.47. The van der Waals surface area contributed by atoms with Gasteiger partial charge in [-0.2, -0.15) is 5.10 Å². The molecule has 0 fully saturated rings. The number of hydrogen-bond donors (Lipinski definition) is 3. The van der Waals surface area contributed by atoms with Gasteiger partial charge in [0.15, 0.2) is 0 Å². The van der Waals surface area contributed by atoms with Crippen LogP contribution in [0.4, 0.5) is 0 Å². The highest BCUT2D eigenvalue weighted by Crippen LogP contribution is 2.20. The van der Waals surface area contributed by atoms with Crippen molar-refractivity contribution in [3.63, 3.8) is 0 Å². The Morgan fingerprint density at radius 2 is 2.22 bits per heavy atom. The Balaban J connectivity index is 1.61. The van der Waals surface area contributed by atoms with Gasteiger partial charge in [0.05, 0.1) is 30.0 Å². The molecule has 0 saturated heterocycles. The van der Waals surface area contributed by atoms with E-state index in [0.29, 0.717) is 10.6 Å². The maximum atomic E-state index is 11.9. The fraction of sp³-hybridized carbons (Fsp3) is 0.0625. The number of nitrogens with zero attached hydrogens (tertiary/aromatic N) is 2. The molecule has 0 radical (unpaired) electrons. The van der Waals surface area contributed by atoms with Crippen molar-refractivity contribution >= 4 is 34.8 Å². The summed E-state index contributed by atoms with van der Waals surface area (Å²) in [5.74, 6) is -0.256. The van der Waals surface area contributed by atoms with E-state index in [-0.39, 0.29) is 18.1 Å². The van der Waals surface area contributed by atoms with Crippen LogP contribution in [0.5, 0.6) is 5.75 Å². The number of nitrogens with one attached hydrogen (secondary N) is 2. The molecule has 0 atom stereocenters. The van der Waals surface area contributed by atoms with E-state index in [1.165, 1.54) is 12.3 Å². The van der Waals surface area contributed by atoms with Gasteiger partial charge in [-0.25, -0.2) is 10.4 Å². The van der Waals surface area contributed by atoms with Crippen LogP contribution in [-0.2, 0) is 11.2 Å². The van der Waals surface area contributed by atoms with Crippen LogP contribution < -0.4 is 5.43 Å². The fourth-order valence-electron chi connectivity index (χ4n) is 2.12. The number of imidazole rings is 1.